The molecule has 0 heterocycles. The zero-order valence-electron chi connectivity index (χ0n) is 10.5. The second-order valence-corrected chi connectivity index (χ2v) is 3.67. The normalized spacial score (nSPS) is 9.73. The van der Waals surface area contributed by atoms with E-state index >= 15 is 0 Å². The molecule has 0 bridgehead atoms. The lowest BCUT2D eigenvalue weighted by atomic mass is 10.1. The molecule has 1 rings (SSSR count). The second kappa shape index (κ2) is 7.30. The molecule has 0 spiro atoms. The maximum atomic E-state index is 9.31. The standard InChI is InChI=1S/C11H17NO.C2H6/c1-9-8-10(4-5-11(9)13)6-7-12(2)3;1-2/h4-5,8,13H,6-7H2,1-3H3;1-2H3. The third kappa shape index (κ3) is 5.43. The Morgan fingerprint density at radius 1 is 1.20 bits per heavy atom. The van der Waals surface area contributed by atoms with Crippen LogP contribution in [0, 0.1) is 6.92 Å². The number of hydrogen-bond acceptors (Lipinski definition) is 2. The zero-order chi connectivity index (χ0) is 11.8. The predicted octanol–water partition coefficient (Wildman–Crippen LogP) is 2.83. The average Bonchev–Trinajstić information content (AvgIpc) is 2.23. The number of phenolic OH excluding ortho intramolecular Hbond substituents is 1. The van der Waals surface area contributed by atoms with Gasteiger partial charge in [0.15, 0.2) is 0 Å². The Bertz CT molecular complexity index is 282. The highest BCUT2D eigenvalue weighted by molar-refractivity contribution is 5.34. The van der Waals surface area contributed by atoms with E-state index in [9.17, 15) is 5.11 Å². The molecule has 0 saturated carbocycles. The number of aromatic hydroxyl groups is 1. The third-order valence-electron chi connectivity index (χ3n) is 2.11. The average molecular weight is 209 g/mol. The van der Waals surface area contributed by atoms with Crippen molar-refractivity contribution in [2.75, 3.05) is 20.6 Å². The zero-order valence-corrected chi connectivity index (χ0v) is 10.5. The highest BCUT2D eigenvalue weighted by Gasteiger charge is 1.98. The van der Waals surface area contributed by atoms with Gasteiger partial charge in [-0.15, -0.1) is 0 Å². The molecule has 0 atom stereocenters. The summed E-state index contributed by atoms with van der Waals surface area (Å²) in [7, 11) is 4.13. The van der Waals surface area contributed by atoms with Crippen molar-refractivity contribution in [1.29, 1.82) is 0 Å². The summed E-state index contributed by atoms with van der Waals surface area (Å²) in [6.07, 6.45) is 1.04. The van der Waals surface area contributed by atoms with Crippen LogP contribution in [0.1, 0.15) is 25.0 Å². The molecule has 1 aromatic carbocycles. The summed E-state index contributed by atoms with van der Waals surface area (Å²) in [5.74, 6) is 0.383. The van der Waals surface area contributed by atoms with Crippen molar-refractivity contribution in [2.24, 2.45) is 0 Å². The molecule has 15 heavy (non-hydrogen) atoms. The van der Waals surface area contributed by atoms with Gasteiger partial charge in [-0.05, 0) is 44.6 Å². The number of hydrogen-bond donors (Lipinski definition) is 1. The summed E-state index contributed by atoms with van der Waals surface area (Å²) in [5.41, 5.74) is 2.24. The molecule has 2 nitrogen and oxygen atoms in total. The highest BCUT2D eigenvalue weighted by Crippen LogP contribution is 2.17. The Morgan fingerprint density at radius 2 is 1.80 bits per heavy atom. The molecule has 0 aliphatic carbocycles. The van der Waals surface area contributed by atoms with Gasteiger partial charge < -0.3 is 10.0 Å². The Morgan fingerprint density at radius 3 is 2.27 bits per heavy atom. The van der Waals surface area contributed by atoms with E-state index in [0.29, 0.717) is 5.75 Å². The van der Waals surface area contributed by atoms with E-state index in [1.165, 1.54) is 5.56 Å². The molecule has 0 aromatic heterocycles. The number of phenols is 1. The van der Waals surface area contributed by atoms with Crippen LogP contribution >= 0.6 is 0 Å². The molecule has 1 N–H and O–H groups in total. The van der Waals surface area contributed by atoms with Crippen molar-refractivity contribution in [2.45, 2.75) is 27.2 Å². The quantitative estimate of drug-likeness (QED) is 0.827. The monoisotopic (exact) mass is 209 g/mol. The van der Waals surface area contributed by atoms with Gasteiger partial charge in [-0.2, -0.15) is 0 Å². The summed E-state index contributed by atoms with van der Waals surface area (Å²) in [6, 6.07) is 5.78. The number of nitrogens with zero attached hydrogens (tertiary/aromatic N) is 1. The molecule has 2 heteroatoms. The summed E-state index contributed by atoms with van der Waals surface area (Å²) in [6.45, 7) is 6.97. The molecule has 0 unspecified atom stereocenters. The van der Waals surface area contributed by atoms with Crippen LogP contribution in [0.25, 0.3) is 0 Å². The third-order valence-corrected chi connectivity index (χ3v) is 2.11. The first-order valence-corrected chi connectivity index (χ1v) is 5.53. The fourth-order valence-corrected chi connectivity index (χ4v) is 1.23. The van der Waals surface area contributed by atoms with Crippen molar-refractivity contribution in [3.05, 3.63) is 29.3 Å². The molecule has 0 saturated heterocycles. The van der Waals surface area contributed by atoms with Gasteiger partial charge >= 0.3 is 0 Å². The lowest BCUT2D eigenvalue weighted by molar-refractivity contribution is 0.413. The van der Waals surface area contributed by atoms with Crippen molar-refractivity contribution in [1.82, 2.24) is 4.90 Å². The van der Waals surface area contributed by atoms with Gasteiger partial charge in [0.25, 0.3) is 0 Å². The van der Waals surface area contributed by atoms with Gasteiger partial charge in [0.2, 0.25) is 0 Å². The number of rotatable bonds is 3. The van der Waals surface area contributed by atoms with Gasteiger partial charge in [0.1, 0.15) is 5.75 Å². The SMILES string of the molecule is CC.Cc1cc(CCN(C)C)ccc1O. The molecule has 0 amide bonds. The van der Waals surface area contributed by atoms with Crippen LogP contribution < -0.4 is 0 Å². The summed E-state index contributed by atoms with van der Waals surface area (Å²) in [4.78, 5) is 2.15. The summed E-state index contributed by atoms with van der Waals surface area (Å²) >= 11 is 0. The minimum absolute atomic E-state index is 0.383. The minimum Gasteiger partial charge on any atom is -0.508 e. The molecule has 86 valence electrons. The van der Waals surface area contributed by atoms with Gasteiger partial charge in [-0.3, -0.25) is 0 Å². The van der Waals surface area contributed by atoms with Gasteiger partial charge in [-0.1, -0.05) is 26.0 Å². The van der Waals surface area contributed by atoms with E-state index in [4.69, 9.17) is 0 Å². The van der Waals surface area contributed by atoms with Crippen LogP contribution in [0.4, 0.5) is 0 Å². The van der Waals surface area contributed by atoms with Crippen LogP contribution in [0.2, 0.25) is 0 Å². The van der Waals surface area contributed by atoms with Crippen molar-refractivity contribution in [3.63, 3.8) is 0 Å². The smallest absolute Gasteiger partial charge is 0.118 e. The number of likely N-dealkylation sites (N-methyl/N-ethyl adjacent to an activating group) is 1. The Balaban J connectivity index is 0.000000921. The molecular weight excluding hydrogens is 186 g/mol. The lowest BCUT2D eigenvalue weighted by Crippen LogP contribution is -2.15. The predicted molar refractivity (Wildman–Crippen MR) is 66.4 cm³/mol. The maximum absolute atomic E-state index is 9.31. The van der Waals surface area contributed by atoms with Crippen molar-refractivity contribution < 1.29 is 5.11 Å². The summed E-state index contributed by atoms with van der Waals surface area (Å²) < 4.78 is 0. The van der Waals surface area contributed by atoms with E-state index in [1.54, 1.807) is 6.07 Å². The minimum atomic E-state index is 0.383. The van der Waals surface area contributed by atoms with E-state index in [2.05, 4.69) is 19.0 Å². The van der Waals surface area contributed by atoms with Crippen LogP contribution in [0.15, 0.2) is 18.2 Å². The first-order valence-electron chi connectivity index (χ1n) is 5.53. The van der Waals surface area contributed by atoms with Crippen LogP contribution in [0.5, 0.6) is 5.75 Å². The molecule has 0 radical (unpaired) electrons. The van der Waals surface area contributed by atoms with E-state index < -0.39 is 0 Å². The van der Waals surface area contributed by atoms with Crippen molar-refractivity contribution in [3.8, 4) is 5.75 Å². The van der Waals surface area contributed by atoms with E-state index in [-0.39, 0.29) is 0 Å². The van der Waals surface area contributed by atoms with Crippen LogP contribution in [-0.2, 0) is 6.42 Å². The Labute approximate surface area is 93.5 Å². The molecule has 0 aliphatic heterocycles. The fourth-order valence-electron chi connectivity index (χ4n) is 1.23. The first-order chi connectivity index (χ1) is 7.09. The first kappa shape index (κ1) is 14.0. The largest absolute Gasteiger partial charge is 0.508 e. The molecule has 0 aliphatic rings. The molecule has 0 fully saturated rings. The van der Waals surface area contributed by atoms with E-state index in [1.807, 2.05) is 32.9 Å². The Hall–Kier alpha value is -1.02. The number of benzene rings is 1. The van der Waals surface area contributed by atoms with Gasteiger partial charge in [0.05, 0.1) is 0 Å². The molecule has 1 aromatic rings. The Kier molecular flexibility index (Phi) is 6.80. The van der Waals surface area contributed by atoms with Gasteiger partial charge in [0, 0.05) is 6.54 Å². The second-order valence-electron chi connectivity index (χ2n) is 3.67. The summed E-state index contributed by atoms with van der Waals surface area (Å²) in [5, 5.41) is 9.31. The lowest BCUT2D eigenvalue weighted by Gasteiger charge is -2.09. The van der Waals surface area contributed by atoms with Gasteiger partial charge in [-0.25, -0.2) is 0 Å². The van der Waals surface area contributed by atoms with Crippen LogP contribution in [0.3, 0.4) is 0 Å². The number of aryl methyl sites for hydroxylation is 1. The van der Waals surface area contributed by atoms with Crippen LogP contribution in [-0.4, -0.2) is 30.6 Å². The van der Waals surface area contributed by atoms with E-state index in [0.717, 1.165) is 18.5 Å². The topological polar surface area (TPSA) is 23.5 Å². The van der Waals surface area contributed by atoms with Crippen molar-refractivity contribution >= 4 is 0 Å². The highest BCUT2D eigenvalue weighted by atomic mass is 16.3. The molecular formula is C13H23NO. The maximum Gasteiger partial charge on any atom is 0.118 e. The fraction of sp³-hybridized carbons (Fsp3) is 0.538.